The van der Waals surface area contributed by atoms with Gasteiger partial charge in [0.15, 0.2) is 0 Å². The molecule has 3 rings (SSSR count). The van der Waals surface area contributed by atoms with Gasteiger partial charge in [0, 0.05) is 17.7 Å². The molecule has 0 saturated carbocycles. The number of nitro benzene ring substituents is 1. The first-order valence-corrected chi connectivity index (χ1v) is 8.06. The Balaban J connectivity index is 1.76. The molecular formula is C20H16N2O4. The van der Waals surface area contributed by atoms with Gasteiger partial charge in [-0.2, -0.15) is 0 Å². The number of hydrogen-bond donors (Lipinski definition) is 1. The lowest BCUT2D eigenvalue weighted by molar-refractivity contribution is -0.384. The Morgan fingerprint density at radius 3 is 2.42 bits per heavy atom. The molecular weight excluding hydrogens is 332 g/mol. The summed E-state index contributed by atoms with van der Waals surface area (Å²) in [6.07, 6.45) is 0.933. The van der Waals surface area contributed by atoms with E-state index in [0.717, 1.165) is 16.3 Å². The van der Waals surface area contributed by atoms with E-state index in [1.54, 1.807) is 24.3 Å². The average molecular weight is 348 g/mol. The molecule has 6 nitrogen and oxygen atoms in total. The van der Waals surface area contributed by atoms with Crippen LogP contribution < -0.4 is 5.32 Å². The van der Waals surface area contributed by atoms with E-state index in [2.05, 4.69) is 5.32 Å². The minimum Gasteiger partial charge on any atom is -0.342 e. The third-order valence-electron chi connectivity index (χ3n) is 4.12. The van der Waals surface area contributed by atoms with Crippen molar-refractivity contribution in [1.82, 2.24) is 5.32 Å². The van der Waals surface area contributed by atoms with Gasteiger partial charge in [-0.3, -0.25) is 14.9 Å². The van der Waals surface area contributed by atoms with Crippen molar-refractivity contribution in [2.45, 2.75) is 12.5 Å². The quantitative estimate of drug-likeness (QED) is 0.420. The van der Waals surface area contributed by atoms with Crippen LogP contribution in [0.3, 0.4) is 0 Å². The van der Waals surface area contributed by atoms with Crippen LogP contribution in [0.5, 0.6) is 0 Å². The Morgan fingerprint density at radius 2 is 1.73 bits per heavy atom. The van der Waals surface area contributed by atoms with E-state index >= 15 is 0 Å². The fourth-order valence-electron chi connectivity index (χ4n) is 2.81. The number of nitrogens with zero attached hydrogens (tertiary/aromatic N) is 1. The summed E-state index contributed by atoms with van der Waals surface area (Å²) in [5.41, 5.74) is 1.21. The van der Waals surface area contributed by atoms with Crippen molar-refractivity contribution in [3.63, 3.8) is 0 Å². The second-order valence-corrected chi connectivity index (χ2v) is 5.87. The summed E-state index contributed by atoms with van der Waals surface area (Å²) >= 11 is 0. The van der Waals surface area contributed by atoms with Crippen LogP contribution in [0.2, 0.25) is 0 Å². The zero-order valence-electron chi connectivity index (χ0n) is 13.8. The van der Waals surface area contributed by atoms with Crippen molar-refractivity contribution < 1.29 is 14.5 Å². The van der Waals surface area contributed by atoms with Crippen LogP contribution in [0.1, 0.15) is 15.9 Å². The molecule has 1 N–H and O–H groups in total. The van der Waals surface area contributed by atoms with Gasteiger partial charge in [0.05, 0.1) is 11.0 Å². The van der Waals surface area contributed by atoms with Gasteiger partial charge < -0.3 is 10.1 Å². The summed E-state index contributed by atoms with van der Waals surface area (Å²) in [5.74, 6) is -0.333. The number of fused-ring (bicyclic) bond motifs is 1. The highest BCUT2D eigenvalue weighted by atomic mass is 16.6. The maximum absolute atomic E-state index is 12.6. The Hall–Kier alpha value is -3.54. The Labute approximate surface area is 149 Å². The van der Waals surface area contributed by atoms with Crippen LogP contribution >= 0.6 is 0 Å². The number of benzene rings is 3. The van der Waals surface area contributed by atoms with Crippen LogP contribution in [-0.4, -0.2) is 23.2 Å². The number of aldehydes is 1. The third-order valence-corrected chi connectivity index (χ3v) is 4.12. The third kappa shape index (κ3) is 3.75. The maximum atomic E-state index is 12.6. The molecule has 3 aromatic rings. The smallest absolute Gasteiger partial charge is 0.269 e. The van der Waals surface area contributed by atoms with Gasteiger partial charge in [0.2, 0.25) is 0 Å². The molecule has 0 unspecified atom stereocenters. The Morgan fingerprint density at radius 1 is 1.04 bits per heavy atom. The summed E-state index contributed by atoms with van der Waals surface area (Å²) in [6, 6.07) is 18.2. The lowest BCUT2D eigenvalue weighted by Gasteiger charge is -2.14. The molecule has 3 aromatic carbocycles. The predicted octanol–water partition coefficient (Wildman–Crippen LogP) is 3.29. The van der Waals surface area contributed by atoms with Gasteiger partial charge in [-0.25, -0.2) is 0 Å². The van der Waals surface area contributed by atoms with Gasteiger partial charge in [-0.1, -0.05) is 48.5 Å². The highest BCUT2D eigenvalue weighted by Crippen LogP contribution is 2.19. The molecule has 26 heavy (non-hydrogen) atoms. The molecule has 0 aliphatic rings. The van der Waals surface area contributed by atoms with Crippen LogP contribution in [0.15, 0.2) is 66.7 Å². The normalized spacial score (nSPS) is 11.7. The lowest BCUT2D eigenvalue weighted by atomic mass is 10.0. The second kappa shape index (κ2) is 7.57. The summed E-state index contributed by atoms with van der Waals surface area (Å²) < 4.78 is 0. The predicted molar refractivity (Wildman–Crippen MR) is 98.1 cm³/mol. The molecule has 6 heteroatoms. The number of carbonyl (C=O) groups excluding carboxylic acids is 2. The maximum Gasteiger partial charge on any atom is 0.269 e. The highest BCUT2D eigenvalue weighted by molar-refractivity contribution is 6.07. The fourth-order valence-corrected chi connectivity index (χ4v) is 2.81. The van der Waals surface area contributed by atoms with Gasteiger partial charge in [0.25, 0.3) is 11.6 Å². The SMILES string of the molecule is O=C[C@H](Cc1ccc([N+](=O)[O-])cc1)NC(=O)c1cccc2ccccc12. The van der Waals surface area contributed by atoms with E-state index in [-0.39, 0.29) is 18.0 Å². The van der Waals surface area contributed by atoms with E-state index in [9.17, 15) is 19.7 Å². The fraction of sp³-hybridized carbons (Fsp3) is 0.100. The first-order chi connectivity index (χ1) is 12.6. The molecule has 0 heterocycles. The van der Waals surface area contributed by atoms with Crippen molar-refractivity contribution in [2.24, 2.45) is 0 Å². The van der Waals surface area contributed by atoms with Gasteiger partial charge >= 0.3 is 0 Å². The Kier molecular flexibility index (Phi) is 5.03. The summed E-state index contributed by atoms with van der Waals surface area (Å²) in [7, 11) is 0. The first kappa shape index (κ1) is 17.3. The average Bonchev–Trinajstić information content (AvgIpc) is 2.67. The molecule has 0 radical (unpaired) electrons. The van der Waals surface area contributed by atoms with Gasteiger partial charge in [-0.05, 0) is 28.8 Å². The molecule has 1 amide bonds. The standard InChI is InChI=1S/C20H16N2O4/c23-13-16(12-14-8-10-17(11-9-14)22(25)26)21-20(24)19-7-3-5-15-4-1-2-6-18(15)19/h1-11,13,16H,12H2,(H,21,24)/t16-/m0/s1. The van der Waals surface area contributed by atoms with Gasteiger partial charge in [-0.15, -0.1) is 0 Å². The highest BCUT2D eigenvalue weighted by Gasteiger charge is 2.16. The summed E-state index contributed by atoms with van der Waals surface area (Å²) in [5, 5.41) is 15.2. The molecule has 1 atom stereocenters. The Bertz CT molecular complexity index is 962. The number of carbonyl (C=O) groups is 2. The molecule has 0 saturated heterocycles. The summed E-state index contributed by atoms with van der Waals surface area (Å²) in [4.78, 5) is 34.2. The number of amides is 1. The number of non-ortho nitro benzene ring substituents is 1. The zero-order chi connectivity index (χ0) is 18.5. The van der Waals surface area contributed by atoms with E-state index in [0.29, 0.717) is 11.8 Å². The van der Waals surface area contributed by atoms with Crippen LogP contribution in [-0.2, 0) is 11.2 Å². The number of nitrogens with one attached hydrogen (secondary N) is 1. The van der Waals surface area contributed by atoms with Crippen LogP contribution in [0, 0.1) is 10.1 Å². The largest absolute Gasteiger partial charge is 0.342 e. The van der Waals surface area contributed by atoms with Crippen molar-refractivity contribution in [3.05, 3.63) is 88.0 Å². The van der Waals surface area contributed by atoms with Crippen LogP contribution in [0.4, 0.5) is 5.69 Å². The first-order valence-electron chi connectivity index (χ1n) is 8.06. The van der Waals surface area contributed by atoms with Gasteiger partial charge in [0.1, 0.15) is 6.29 Å². The zero-order valence-corrected chi connectivity index (χ0v) is 13.8. The molecule has 0 aromatic heterocycles. The molecule has 130 valence electrons. The number of rotatable bonds is 6. The van der Waals surface area contributed by atoms with Crippen molar-refractivity contribution in [3.8, 4) is 0 Å². The topological polar surface area (TPSA) is 89.3 Å². The number of hydrogen-bond acceptors (Lipinski definition) is 4. The molecule has 0 spiro atoms. The van der Waals surface area contributed by atoms with E-state index < -0.39 is 11.0 Å². The van der Waals surface area contributed by atoms with Crippen molar-refractivity contribution in [1.29, 1.82) is 0 Å². The molecule has 0 aliphatic heterocycles. The van der Waals surface area contributed by atoms with E-state index in [4.69, 9.17) is 0 Å². The van der Waals surface area contributed by atoms with Crippen molar-refractivity contribution in [2.75, 3.05) is 0 Å². The number of nitro groups is 1. The summed E-state index contributed by atoms with van der Waals surface area (Å²) in [6.45, 7) is 0. The monoisotopic (exact) mass is 348 g/mol. The van der Waals surface area contributed by atoms with Crippen LogP contribution in [0.25, 0.3) is 10.8 Å². The van der Waals surface area contributed by atoms with E-state index in [1.165, 1.54) is 12.1 Å². The van der Waals surface area contributed by atoms with E-state index in [1.807, 2.05) is 30.3 Å². The minimum atomic E-state index is -0.720. The van der Waals surface area contributed by atoms with Crippen molar-refractivity contribution >= 4 is 28.7 Å². The molecule has 0 fully saturated rings. The minimum absolute atomic E-state index is 0.0174. The lowest BCUT2D eigenvalue weighted by Crippen LogP contribution is -2.37. The molecule has 0 bridgehead atoms. The molecule has 0 aliphatic carbocycles. The second-order valence-electron chi connectivity index (χ2n) is 5.87.